The second-order valence-electron chi connectivity index (χ2n) is 5.38. The van der Waals surface area contributed by atoms with E-state index in [0.717, 1.165) is 13.0 Å². The summed E-state index contributed by atoms with van der Waals surface area (Å²) in [5, 5.41) is 15.4. The van der Waals surface area contributed by atoms with Crippen LogP contribution in [0.3, 0.4) is 0 Å². The summed E-state index contributed by atoms with van der Waals surface area (Å²) in [5.74, 6) is 0.419. The van der Waals surface area contributed by atoms with Gasteiger partial charge in [0.1, 0.15) is 0 Å². The first-order valence-electron chi connectivity index (χ1n) is 7.04. The lowest BCUT2D eigenvalue weighted by molar-refractivity contribution is 0.205. The normalized spacial score (nSPS) is 23.0. The van der Waals surface area contributed by atoms with Crippen LogP contribution in [0.5, 0.6) is 0 Å². The molecular weight excluding hydrogens is 236 g/mol. The zero-order chi connectivity index (χ0) is 13.1. The molecule has 1 heterocycles. The van der Waals surface area contributed by atoms with E-state index in [0.29, 0.717) is 18.6 Å². The van der Waals surface area contributed by atoms with Gasteiger partial charge in [-0.3, -0.25) is 4.98 Å². The number of aliphatic hydroxyl groups is 1. The molecule has 3 nitrogen and oxygen atoms in total. The fourth-order valence-corrected chi connectivity index (χ4v) is 3.09. The van der Waals surface area contributed by atoms with Crippen LogP contribution in [0.1, 0.15) is 24.8 Å². The highest BCUT2D eigenvalue weighted by molar-refractivity contribution is 5.84. The van der Waals surface area contributed by atoms with E-state index in [4.69, 9.17) is 0 Å². The molecule has 1 saturated carbocycles. The molecular formula is C16H20N2O. The standard InChI is InChI=1S/C16H20N2O/c19-11-13-5-3-7-16(13)18-10-14-9-17-8-12-4-1-2-6-15(12)14/h1-2,4,6,8-9,13,16,18-19H,3,5,7,10-11H2. The minimum Gasteiger partial charge on any atom is -0.396 e. The Labute approximate surface area is 113 Å². The van der Waals surface area contributed by atoms with Crippen LogP contribution in [0.4, 0.5) is 0 Å². The Morgan fingerprint density at radius 1 is 1.21 bits per heavy atom. The zero-order valence-corrected chi connectivity index (χ0v) is 11.0. The van der Waals surface area contributed by atoms with Gasteiger partial charge in [0, 0.05) is 37.0 Å². The summed E-state index contributed by atoms with van der Waals surface area (Å²) in [5.41, 5.74) is 1.24. The van der Waals surface area contributed by atoms with Gasteiger partial charge in [-0.1, -0.05) is 30.7 Å². The maximum absolute atomic E-state index is 9.35. The molecule has 0 amide bonds. The first-order valence-corrected chi connectivity index (χ1v) is 7.04. The van der Waals surface area contributed by atoms with Crippen molar-refractivity contribution in [1.82, 2.24) is 10.3 Å². The highest BCUT2D eigenvalue weighted by atomic mass is 16.3. The molecule has 0 bridgehead atoms. The van der Waals surface area contributed by atoms with E-state index in [2.05, 4.69) is 28.5 Å². The van der Waals surface area contributed by atoms with Crippen molar-refractivity contribution < 1.29 is 5.11 Å². The van der Waals surface area contributed by atoms with Crippen LogP contribution >= 0.6 is 0 Å². The number of aliphatic hydroxyl groups excluding tert-OH is 1. The van der Waals surface area contributed by atoms with E-state index in [-0.39, 0.29) is 0 Å². The second kappa shape index (κ2) is 5.68. The number of pyridine rings is 1. The van der Waals surface area contributed by atoms with Crippen molar-refractivity contribution in [3.8, 4) is 0 Å². The quantitative estimate of drug-likeness (QED) is 0.883. The molecule has 0 spiro atoms. The van der Waals surface area contributed by atoms with Gasteiger partial charge in [0.25, 0.3) is 0 Å². The second-order valence-corrected chi connectivity index (χ2v) is 5.38. The van der Waals surface area contributed by atoms with Crippen LogP contribution in [-0.4, -0.2) is 22.7 Å². The van der Waals surface area contributed by atoms with Crippen LogP contribution in [0.25, 0.3) is 10.8 Å². The van der Waals surface area contributed by atoms with Gasteiger partial charge in [-0.2, -0.15) is 0 Å². The molecule has 1 aliphatic rings. The van der Waals surface area contributed by atoms with Crippen molar-refractivity contribution in [3.63, 3.8) is 0 Å². The molecule has 1 aromatic carbocycles. The van der Waals surface area contributed by atoms with Gasteiger partial charge in [0.15, 0.2) is 0 Å². The number of nitrogens with one attached hydrogen (secondary N) is 1. The molecule has 2 aromatic rings. The summed E-state index contributed by atoms with van der Waals surface area (Å²) >= 11 is 0. The van der Waals surface area contributed by atoms with Crippen molar-refractivity contribution in [2.45, 2.75) is 31.8 Å². The van der Waals surface area contributed by atoms with Gasteiger partial charge in [-0.05, 0) is 29.7 Å². The molecule has 0 aliphatic heterocycles. The molecule has 100 valence electrons. The Hall–Kier alpha value is -1.45. The molecule has 19 heavy (non-hydrogen) atoms. The Morgan fingerprint density at radius 3 is 3.00 bits per heavy atom. The third-order valence-corrected chi connectivity index (χ3v) is 4.20. The van der Waals surface area contributed by atoms with Crippen LogP contribution in [0.2, 0.25) is 0 Å². The summed E-state index contributed by atoms with van der Waals surface area (Å²) in [6.07, 6.45) is 7.38. The number of aromatic nitrogens is 1. The molecule has 3 heteroatoms. The fourth-order valence-electron chi connectivity index (χ4n) is 3.09. The molecule has 2 atom stereocenters. The number of benzene rings is 1. The Balaban J connectivity index is 1.75. The molecule has 0 saturated heterocycles. The summed E-state index contributed by atoms with van der Waals surface area (Å²) in [4.78, 5) is 4.31. The van der Waals surface area contributed by atoms with Crippen LogP contribution < -0.4 is 5.32 Å². The summed E-state index contributed by atoms with van der Waals surface area (Å²) < 4.78 is 0. The topological polar surface area (TPSA) is 45.1 Å². The van der Waals surface area contributed by atoms with Gasteiger partial charge in [0.05, 0.1) is 0 Å². The van der Waals surface area contributed by atoms with Crippen LogP contribution in [0.15, 0.2) is 36.7 Å². The number of nitrogens with zero attached hydrogens (tertiary/aromatic N) is 1. The first kappa shape index (κ1) is 12.6. The molecule has 1 aromatic heterocycles. The molecule has 1 aliphatic carbocycles. The van der Waals surface area contributed by atoms with E-state index in [1.165, 1.54) is 29.2 Å². The van der Waals surface area contributed by atoms with Crippen LogP contribution in [-0.2, 0) is 6.54 Å². The molecule has 2 N–H and O–H groups in total. The van der Waals surface area contributed by atoms with Crippen molar-refractivity contribution >= 4 is 10.8 Å². The third kappa shape index (κ3) is 2.62. The number of hydrogen-bond acceptors (Lipinski definition) is 3. The van der Waals surface area contributed by atoms with Crippen LogP contribution in [0, 0.1) is 5.92 Å². The maximum Gasteiger partial charge on any atom is 0.0474 e. The van der Waals surface area contributed by atoms with Crippen molar-refractivity contribution in [3.05, 3.63) is 42.2 Å². The van der Waals surface area contributed by atoms with E-state index in [1.807, 2.05) is 18.5 Å². The first-order chi connectivity index (χ1) is 9.38. The smallest absolute Gasteiger partial charge is 0.0474 e. The highest BCUT2D eigenvalue weighted by Gasteiger charge is 2.25. The molecule has 0 radical (unpaired) electrons. The maximum atomic E-state index is 9.35. The minimum atomic E-state index is 0.297. The van der Waals surface area contributed by atoms with Crippen molar-refractivity contribution in [2.24, 2.45) is 5.92 Å². The van der Waals surface area contributed by atoms with Gasteiger partial charge in [-0.15, -0.1) is 0 Å². The van der Waals surface area contributed by atoms with E-state index in [9.17, 15) is 5.11 Å². The number of rotatable bonds is 4. The SMILES string of the molecule is OCC1CCCC1NCc1cncc2ccccc12. The van der Waals surface area contributed by atoms with E-state index < -0.39 is 0 Å². The van der Waals surface area contributed by atoms with Crippen molar-refractivity contribution in [2.75, 3.05) is 6.61 Å². The van der Waals surface area contributed by atoms with E-state index in [1.54, 1.807) is 0 Å². The highest BCUT2D eigenvalue weighted by Crippen LogP contribution is 2.26. The van der Waals surface area contributed by atoms with Gasteiger partial charge in [0.2, 0.25) is 0 Å². The van der Waals surface area contributed by atoms with Gasteiger partial charge < -0.3 is 10.4 Å². The lowest BCUT2D eigenvalue weighted by Gasteiger charge is -2.19. The Morgan fingerprint density at radius 2 is 2.11 bits per heavy atom. The number of hydrogen-bond donors (Lipinski definition) is 2. The fraction of sp³-hybridized carbons (Fsp3) is 0.438. The summed E-state index contributed by atoms with van der Waals surface area (Å²) in [7, 11) is 0. The lowest BCUT2D eigenvalue weighted by Crippen LogP contribution is -2.33. The molecule has 3 rings (SSSR count). The summed E-state index contributed by atoms with van der Waals surface area (Å²) in [6, 6.07) is 8.80. The zero-order valence-electron chi connectivity index (χ0n) is 11.0. The Kier molecular flexibility index (Phi) is 3.76. The minimum absolute atomic E-state index is 0.297. The largest absolute Gasteiger partial charge is 0.396 e. The van der Waals surface area contributed by atoms with Crippen molar-refractivity contribution in [1.29, 1.82) is 0 Å². The van der Waals surface area contributed by atoms with E-state index >= 15 is 0 Å². The van der Waals surface area contributed by atoms with Gasteiger partial charge in [-0.25, -0.2) is 0 Å². The monoisotopic (exact) mass is 256 g/mol. The third-order valence-electron chi connectivity index (χ3n) is 4.20. The predicted octanol–water partition coefficient (Wildman–Crippen LogP) is 2.49. The Bertz CT molecular complexity index is 550. The molecule has 2 unspecified atom stereocenters. The average Bonchev–Trinajstić information content (AvgIpc) is 2.92. The lowest BCUT2D eigenvalue weighted by atomic mass is 10.0. The molecule has 1 fully saturated rings. The summed E-state index contributed by atoms with van der Waals surface area (Å²) in [6.45, 7) is 1.13. The average molecular weight is 256 g/mol. The predicted molar refractivity (Wildman–Crippen MR) is 76.8 cm³/mol. The van der Waals surface area contributed by atoms with Gasteiger partial charge >= 0.3 is 0 Å². The number of fused-ring (bicyclic) bond motifs is 1.